The second-order valence-electron chi connectivity index (χ2n) is 8.41. The van der Waals surface area contributed by atoms with Crippen molar-refractivity contribution in [3.05, 3.63) is 72.2 Å². The molecule has 0 aromatic carbocycles. The molecule has 0 radical (unpaired) electrons. The van der Waals surface area contributed by atoms with Gasteiger partial charge in [-0.3, -0.25) is 9.78 Å². The third kappa shape index (κ3) is 6.37. The van der Waals surface area contributed by atoms with Crippen LogP contribution in [-0.4, -0.2) is 29.0 Å². The van der Waals surface area contributed by atoms with Crippen molar-refractivity contribution in [1.82, 2.24) is 4.98 Å². The van der Waals surface area contributed by atoms with Gasteiger partial charge in [0, 0.05) is 18.3 Å². The van der Waals surface area contributed by atoms with Gasteiger partial charge in [-0.25, -0.2) is 8.78 Å². The molecule has 0 spiro atoms. The lowest BCUT2D eigenvalue weighted by Gasteiger charge is -2.31. The Kier molecular flexibility index (Phi) is 8.68. The first-order valence-corrected chi connectivity index (χ1v) is 12.5. The molecule has 11 heteroatoms. The summed E-state index contributed by atoms with van der Waals surface area (Å²) in [6, 6.07) is 2.78. The molecule has 1 aliphatic rings. The molecule has 0 saturated carbocycles. The summed E-state index contributed by atoms with van der Waals surface area (Å²) in [5.74, 6) is 1.07. The molecule has 0 bridgehead atoms. The van der Waals surface area contributed by atoms with E-state index in [0.717, 1.165) is 14.1 Å². The highest BCUT2D eigenvalue weighted by atomic mass is 31.0. The predicted molar refractivity (Wildman–Crippen MR) is 135 cm³/mol. The predicted octanol–water partition coefficient (Wildman–Crippen LogP) is 7.83. The molecule has 1 aliphatic heterocycles. The fourth-order valence-electron chi connectivity index (χ4n) is 3.63. The third-order valence-corrected chi connectivity index (χ3v) is 7.20. The molecule has 192 valence electrons. The number of fused-ring (bicyclic) bond motifs is 1. The number of hydrogen-bond donors (Lipinski definition) is 0. The smallest absolute Gasteiger partial charge is 0.427 e. The lowest BCUT2D eigenvalue weighted by Crippen LogP contribution is -2.48. The van der Waals surface area contributed by atoms with E-state index in [2.05, 4.69) is 11.6 Å². The summed E-state index contributed by atoms with van der Waals surface area (Å²) in [5.41, 5.74) is 0.867. The van der Waals surface area contributed by atoms with Crippen LogP contribution in [0.25, 0.3) is 11.0 Å². The number of anilines is 1. The van der Waals surface area contributed by atoms with Crippen molar-refractivity contribution >= 4 is 29.0 Å². The van der Waals surface area contributed by atoms with E-state index in [-0.39, 0.29) is 29.0 Å². The van der Waals surface area contributed by atoms with Crippen LogP contribution in [0.15, 0.2) is 60.8 Å². The zero-order valence-electron chi connectivity index (χ0n) is 19.6. The van der Waals surface area contributed by atoms with E-state index in [4.69, 9.17) is 4.74 Å². The number of ether oxygens (including phenoxy) is 1. The molecule has 0 saturated heterocycles. The van der Waals surface area contributed by atoms with Gasteiger partial charge < -0.3 is 9.64 Å². The molecule has 4 nitrogen and oxygen atoms in total. The molecule has 3 unspecified atom stereocenters. The number of allylic oxidation sites excluding steroid dienone is 5. The average molecular weight is 542 g/mol. The molecular formula is C25H25F5N2O2P2. The first kappa shape index (κ1) is 27.9. The van der Waals surface area contributed by atoms with Gasteiger partial charge in [-0.15, -0.1) is 0 Å². The van der Waals surface area contributed by atoms with Crippen LogP contribution in [0.4, 0.5) is 27.6 Å². The van der Waals surface area contributed by atoms with Crippen LogP contribution in [0, 0.1) is 5.82 Å². The number of rotatable bonds is 7. The number of alkyl halides is 4. The van der Waals surface area contributed by atoms with Crippen molar-refractivity contribution in [3.8, 4) is 16.7 Å². The van der Waals surface area contributed by atoms with E-state index >= 15 is 4.39 Å². The van der Waals surface area contributed by atoms with Gasteiger partial charge in [-0.1, -0.05) is 49.2 Å². The quantitative estimate of drug-likeness (QED) is 0.155. The van der Waals surface area contributed by atoms with Gasteiger partial charge in [0.05, 0.1) is 29.4 Å². The molecule has 3 rings (SSSR count). The fourth-order valence-corrected chi connectivity index (χ4v) is 4.63. The standard InChI is InChI=1S/C25H25F5N2O2P2/c1-4-5-6-7-16(3)34-17-10-19(26)23(36-13-17)20-11-18-15(2)8-9-22(33)32(21(18)12-31-20)14-24(27,35)25(28,29)30/h4-7,10-13,15H,1,8-9,14,35H2,2-3H3/b6-5-,16-7+. The Morgan fingerprint density at radius 2 is 2.06 bits per heavy atom. The Balaban J connectivity index is 1.95. The summed E-state index contributed by atoms with van der Waals surface area (Å²) < 4.78 is 74.6. The van der Waals surface area contributed by atoms with Gasteiger partial charge in [0.2, 0.25) is 11.3 Å². The molecule has 3 atom stereocenters. The Labute approximate surface area is 210 Å². The summed E-state index contributed by atoms with van der Waals surface area (Å²) in [4.78, 5) is 17.6. The van der Waals surface area contributed by atoms with Crippen LogP contribution in [-0.2, 0) is 4.79 Å². The fraction of sp³-hybridized carbons (Fsp3) is 0.320. The normalized spacial score (nSPS) is 18.8. The third-order valence-electron chi connectivity index (χ3n) is 5.60. The van der Waals surface area contributed by atoms with E-state index in [1.807, 2.05) is 6.92 Å². The average Bonchev–Trinajstić information content (AvgIpc) is 2.90. The van der Waals surface area contributed by atoms with Crippen LogP contribution >= 0.6 is 17.4 Å². The molecule has 2 aromatic rings. The topological polar surface area (TPSA) is 42.4 Å². The minimum absolute atomic E-state index is 0.0504. The van der Waals surface area contributed by atoms with Crippen molar-refractivity contribution in [2.45, 2.75) is 44.2 Å². The molecule has 0 fully saturated rings. The highest BCUT2D eigenvalue weighted by Crippen LogP contribution is 2.44. The van der Waals surface area contributed by atoms with Gasteiger partial charge >= 0.3 is 6.18 Å². The summed E-state index contributed by atoms with van der Waals surface area (Å²) in [7, 11) is 1.61. The first-order chi connectivity index (χ1) is 16.8. The van der Waals surface area contributed by atoms with Crippen LogP contribution in [0.1, 0.15) is 38.2 Å². The highest BCUT2D eigenvalue weighted by Gasteiger charge is 2.54. The highest BCUT2D eigenvalue weighted by molar-refractivity contribution is 7.33. The second kappa shape index (κ2) is 11.2. The largest absolute Gasteiger partial charge is 0.462 e. The zero-order chi connectivity index (χ0) is 26.7. The minimum Gasteiger partial charge on any atom is -0.462 e. The van der Waals surface area contributed by atoms with Gasteiger partial charge in [0.15, 0.2) is 0 Å². The van der Waals surface area contributed by atoms with Crippen molar-refractivity contribution in [3.63, 3.8) is 0 Å². The van der Waals surface area contributed by atoms with Gasteiger partial charge in [0.1, 0.15) is 17.3 Å². The van der Waals surface area contributed by atoms with Crippen molar-refractivity contribution in [2.75, 3.05) is 11.4 Å². The van der Waals surface area contributed by atoms with Crippen LogP contribution in [0.5, 0.6) is 5.75 Å². The Hall–Kier alpha value is -2.63. The molecule has 1 amide bonds. The summed E-state index contributed by atoms with van der Waals surface area (Å²) in [6.07, 6.45) is 3.09. The van der Waals surface area contributed by atoms with Crippen molar-refractivity contribution in [2.24, 2.45) is 0 Å². The number of halogens is 5. The number of aromatic nitrogens is 1. The monoisotopic (exact) mass is 542 g/mol. The van der Waals surface area contributed by atoms with E-state index in [1.165, 1.54) is 12.3 Å². The Morgan fingerprint density at radius 3 is 2.69 bits per heavy atom. The maximum absolute atomic E-state index is 15.0. The van der Waals surface area contributed by atoms with Crippen LogP contribution < -0.4 is 9.64 Å². The van der Waals surface area contributed by atoms with E-state index in [0.29, 0.717) is 31.7 Å². The van der Waals surface area contributed by atoms with Gasteiger partial charge in [-0.05, 0) is 37.0 Å². The van der Waals surface area contributed by atoms with Gasteiger partial charge in [-0.2, -0.15) is 13.2 Å². The molecule has 0 N–H and O–H groups in total. The number of amides is 1. The van der Waals surface area contributed by atoms with Gasteiger partial charge in [0.25, 0.3) is 0 Å². The second-order valence-corrected chi connectivity index (χ2v) is 10.3. The SMILES string of the molecule is C=C/C=C\C=C(/C)Oc1cpc(-c2cc3c(cn2)N(CC(F)(P)C(F)(F)F)C(=O)CCC3C)c(F)c1. The summed E-state index contributed by atoms with van der Waals surface area (Å²) in [5, 5.41) is -3.44. The molecule has 0 aliphatic carbocycles. The number of carbonyl (C=O) groups is 1. The minimum atomic E-state index is -5.18. The Morgan fingerprint density at radius 1 is 1.33 bits per heavy atom. The molecular weight excluding hydrogens is 517 g/mol. The maximum atomic E-state index is 15.0. The number of nitrogens with zero attached hydrogens (tertiary/aromatic N) is 2. The lowest BCUT2D eigenvalue weighted by molar-refractivity contribution is -0.192. The first-order valence-electron chi connectivity index (χ1n) is 11.0. The van der Waals surface area contributed by atoms with E-state index in [1.54, 1.807) is 43.1 Å². The summed E-state index contributed by atoms with van der Waals surface area (Å²) >= 11 is 0. The number of carbonyl (C=O) groups excluding carboxylic acids is 1. The molecule has 2 aromatic heterocycles. The zero-order valence-corrected chi connectivity index (χ0v) is 21.7. The number of hydrogen-bond acceptors (Lipinski definition) is 3. The van der Waals surface area contributed by atoms with Crippen molar-refractivity contribution in [1.29, 1.82) is 0 Å². The van der Waals surface area contributed by atoms with E-state index in [9.17, 15) is 22.4 Å². The lowest BCUT2D eigenvalue weighted by atomic mass is 9.96. The molecule has 36 heavy (non-hydrogen) atoms. The maximum Gasteiger partial charge on any atom is 0.427 e. The van der Waals surface area contributed by atoms with Crippen LogP contribution in [0.3, 0.4) is 0 Å². The van der Waals surface area contributed by atoms with Crippen molar-refractivity contribution < 1.29 is 31.5 Å². The number of pyridine rings is 1. The van der Waals surface area contributed by atoms with E-state index < -0.39 is 29.9 Å². The summed E-state index contributed by atoms with van der Waals surface area (Å²) in [6.45, 7) is 5.88. The molecule has 3 heterocycles. The van der Waals surface area contributed by atoms with Crippen LogP contribution in [0.2, 0.25) is 0 Å². The Bertz CT molecular complexity index is 1210.